The zero-order chi connectivity index (χ0) is 15.3. The highest BCUT2D eigenvalue weighted by atomic mass is 32.2. The fourth-order valence-electron chi connectivity index (χ4n) is 1.16. The van der Waals surface area contributed by atoms with Crippen molar-refractivity contribution in [2.24, 2.45) is 0 Å². The van der Waals surface area contributed by atoms with Gasteiger partial charge in [0.05, 0.1) is 18.5 Å². The summed E-state index contributed by atoms with van der Waals surface area (Å²) < 4.78 is 35.9. The summed E-state index contributed by atoms with van der Waals surface area (Å²) in [7, 11) is -3.55. The average molecular weight is 295 g/mol. The first kappa shape index (κ1) is 18.3. The second kappa shape index (κ2) is 7.21. The van der Waals surface area contributed by atoms with Crippen LogP contribution in [-0.2, 0) is 24.3 Å². The summed E-state index contributed by atoms with van der Waals surface area (Å²) in [6, 6.07) is -0.914. The van der Waals surface area contributed by atoms with Gasteiger partial charge in [-0.05, 0) is 41.5 Å². The molecule has 19 heavy (non-hydrogen) atoms. The molecule has 0 aliphatic rings. The molecule has 0 amide bonds. The average Bonchev–Trinajstić information content (AvgIpc) is 2.12. The van der Waals surface area contributed by atoms with Gasteiger partial charge in [-0.1, -0.05) is 0 Å². The van der Waals surface area contributed by atoms with Crippen LogP contribution in [-0.4, -0.2) is 44.5 Å². The Morgan fingerprint density at radius 2 is 1.74 bits per heavy atom. The van der Waals surface area contributed by atoms with E-state index < -0.39 is 27.6 Å². The molecule has 0 rings (SSSR count). The lowest BCUT2D eigenvalue weighted by molar-refractivity contribution is -0.156. The van der Waals surface area contributed by atoms with Crippen LogP contribution in [0.4, 0.5) is 0 Å². The van der Waals surface area contributed by atoms with Crippen LogP contribution in [0.2, 0.25) is 0 Å². The lowest BCUT2D eigenvalue weighted by Crippen LogP contribution is -2.43. The largest absolute Gasteiger partial charge is 0.459 e. The highest BCUT2D eigenvalue weighted by molar-refractivity contribution is 7.89. The van der Waals surface area contributed by atoms with Crippen molar-refractivity contribution in [3.63, 3.8) is 0 Å². The molecule has 0 saturated heterocycles. The van der Waals surface area contributed by atoms with E-state index in [0.717, 1.165) is 0 Å². The molecule has 0 spiro atoms. The monoisotopic (exact) mass is 295 g/mol. The number of nitrogens with one attached hydrogen (secondary N) is 1. The smallest absolute Gasteiger partial charge is 0.324 e. The quantitative estimate of drug-likeness (QED) is 0.710. The second-order valence-corrected chi connectivity index (χ2v) is 7.48. The van der Waals surface area contributed by atoms with Gasteiger partial charge in [0.2, 0.25) is 10.0 Å². The van der Waals surface area contributed by atoms with E-state index in [1.165, 1.54) is 6.92 Å². The Kier molecular flexibility index (Phi) is 6.96. The molecule has 0 aliphatic carbocycles. The fourth-order valence-corrected chi connectivity index (χ4v) is 2.23. The predicted molar refractivity (Wildman–Crippen MR) is 73.3 cm³/mol. The molecule has 114 valence electrons. The van der Waals surface area contributed by atoms with Gasteiger partial charge in [-0.2, -0.15) is 0 Å². The van der Waals surface area contributed by atoms with Crippen LogP contribution in [0, 0.1) is 0 Å². The third-order valence-corrected chi connectivity index (χ3v) is 3.34. The summed E-state index contributed by atoms with van der Waals surface area (Å²) in [6.45, 7) is 10.4. The van der Waals surface area contributed by atoms with Crippen LogP contribution in [0.1, 0.15) is 41.5 Å². The van der Waals surface area contributed by atoms with E-state index in [1.807, 2.05) is 13.8 Å². The van der Waals surface area contributed by atoms with E-state index in [-0.39, 0.29) is 18.5 Å². The maximum atomic E-state index is 11.7. The summed E-state index contributed by atoms with van der Waals surface area (Å²) in [5.74, 6) is -0.779. The topological polar surface area (TPSA) is 81.7 Å². The molecule has 7 heteroatoms. The van der Waals surface area contributed by atoms with Gasteiger partial charge in [0.25, 0.3) is 0 Å². The Bertz CT molecular complexity index is 383. The molecule has 0 aliphatic heterocycles. The van der Waals surface area contributed by atoms with E-state index in [4.69, 9.17) is 9.47 Å². The van der Waals surface area contributed by atoms with E-state index in [1.54, 1.807) is 20.8 Å². The minimum absolute atomic E-state index is 0.0292. The highest BCUT2D eigenvalue weighted by Gasteiger charge is 2.25. The van der Waals surface area contributed by atoms with Crippen LogP contribution < -0.4 is 4.72 Å². The van der Waals surface area contributed by atoms with Crippen LogP contribution in [0.15, 0.2) is 0 Å². The number of rotatable bonds is 7. The molecule has 0 unspecified atom stereocenters. The lowest BCUT2D eigenvalue weighted by atomic mass is 10.2. The number of carbonyl (C=O) groups is 1. The molecule has 0 bridgehead atoms. The Balaban J connectivity index is 4.30. The summed E-state index contributed by atoms with van der Waals surface area (Å²) in [6.07, 6.45) is -0.0292. The number of sulfonamides is 1. The Hall–Kier alpha value is -0.660. The van der Waals surface area contributed by atoms with Gasteiger partial charge in [0.15, 0.2) is 0 Å². The van der Waals surface area contributed by atoms with Crippen molar-refractivity contribution < 1.29 is 22.7 Å². The predicted octanol–water partition coefficient (Wildman–Crippen LogP) is 1.06. The van der Waals surface area contributed by atoms with Crippen molar-refractivity contribution in [2.75, 3.05) is 12.4 Å². The number of esters is 1. The van der Waals surface area contributed by atoms with Gasteiger partial charge in [-0.15, -0.1) is 0 Å². The standard InChI is InChI=1S/C12H25NO5S/c1-9(2)17-7-8-19(15,16)13-10(3)11(14)18-12(4,5)6/h9-10,13H,7-8H2,1-6H3/t10-/m1/s1. The molecule has 0 fully saturated rings. The third kappa shape index (κ3) is 9.86. The van der Waals surface area contributed by atoms with Gasteiger partial charge in [0, 0.05) is 0 Å². The molecule has 0 saturated carbocycles. The molecule has 1 atom stereocenters. The van der Waals surface area contributed by atoms with Crippen LogP contribution in [0.5, 0.6) is 0 Å². The lowest BCUT2D eigenvalue weighted by Gasteiger charge is -2.22. The highest BCUT2D eigenvalue weighted by Crippen LogP contribution is 2.08. The van der Waals surface area contributed by atoms with Crippen molar-refractivity contribution in [2.45, 2.75) is 59.3 Å². The summed E-state index contributed by atoms with van der Waals surface area (Å²) in [4.78, 5) is 11.6. The van der Waals surface area contributed by atoms with E-state index in [0.29, 0.717) is 0 Å². The Labute approximate surface area is 115 Å². The van der Waals surface area contributed by atoms with E-state index in [2.05, 4.69) is 4.72 Å². The molecule has 0 aromatic carbocycles. The minimum atomic E-state index is -3.55. The molecule has 0 aromatic heterocycles. The maximum absolute atomic E-state index is 11.7. The van der Waals surface area contributed by atoms with Gasteiger partial charge in [-0.25, -0.2) is 13.1 Å². The van der Waals surface area contributed by atoms with Crippen LogP contribution in [0.3, 0.4) is 0 Å². The first-order valence-corrected chi connectivity index (χ1v) is 7.92. The maximum Gasteiger partial charge on any atom is 0.324 e. The minimum Gasteiger partial charge on any atom is -0.459 e. The number of hydrogen-bond donors (Lipinski definition) is 1. The van der Waals surface area contributed by atoms with Crippen molar-refractivity contribution in [1.29, 1.82) is 0 Å². The molecule has 0 heterocycles. The van der Waals surface area contributed by atoms with Crippen molar-refractivity contribution >= 4 is 16.0 Å². The normalized spacial score (nSPS) is 14.5. The van der Waals surface area contributed by atoms with E-state index >= 15 is 0 Å². The summed E-state index contributed by atoms with van der Waals surface area (Å²) in [5, 5.41) is 0. The van der Waals surface area contributed by atoms with E-state index in [9.17, 15) is 13.2 Å². The van der Waals surface area contributed by atoms with Crippen LogP contribution in [0.25, 0.3) is 0 Å². The first-order valence-electron chi connectivity index (χ1n) is 6.27. The second-order valence-electron chi connectivity index (χ2n) is 5.61. The molecule has 6 nitrogen and oxygen atoms in total. The number of hydrogen-bond acceptors (Lipinski definition) is 5. The molecule has 1 N–H and O–H groups in total. The van der Waals surface area contributed by atoms with Crippen LogP contribution >= 0.6 is 0 Å². The van der Waals surface area contributed by atoms with Gasteiger partial charge < -0.3 is 9.47 Å². The fraction of sp³-hybridized carbons (Fsp3) is 0.917. The Morgan fingerprint density at radius 1 is 1.21 bits per heavy atom. The zero-order valence-electron chi connectivity index (χ0n) is 12.5. The molecule has 0 radical (unpaired) electrons. The SMILES string of the molecule is CC(C)OCCS(=O)(=O)N[C@H](C)C(=O)OC(C)(C)C. The molecular formula is C12H25NO5S. The summed E-state index contributed by atoms with van der Waals surface area (Å²) >= 11 is 0. The first-order chi connectivity index (χ1) is 8.43. The zero-order valence-corrected chi connectivity index (χ0v) is 13.3. The van der Waals surface area contributed by atoms with Gasteiger partial charge in [-0.3, -0.25) is 4.79 Å². The van der Waals surface area contributed by atoms with Gasteiger partial charge >= 0.3 is 5.97 Å². The molecule has 0 aromatic rings. The van der Waals surface area contributed by atoms with Crippen molar-refractivity contribution in [1.82, 2.24) is 4.72 Å². The van der Waals surface area contributed by atoms with Crippen molar-refractivity contribution in [3.05, 3.63) is 0 Å². The third-order valence-electron chi connectivity index (χ3n) is 1.92. The number of ether oxygens (including phenoxy) is 2. The Morgan fingerprint density at radius 3 is 2.16 bits per heavy atom. The van der Waals surface area contributed by atoms with Gasteiger partial charge in [0.1, 0.15) is 11.6 Å². The van der Waals surface area contributed by atoms with Crippen molar-refractivity contribution in [3.8, 4) is 0 Å². The summed E-state index contributed by atoms with van der Waals surface area (Å²) in [5.41, 5.74) is -0.641. The molecular weight excluding hydrogens is 270 g/mol. The number of carbonyl (C=O) groups excluding carboxylic acids is 1.